The Morgan fingerprint density at radius 3 is 2.55 bits per heavy atom. The van der Waals surface area contributed by atoms with E-state index in [0.29, 0.717) is 34.5 Å². The quantitative estimate of drug-likeness (QED) is 0.626. The van der Waals surface area contributed by atoms with Crippen molar-refractivity contribution in [3.8, 4) is 0 Å². The van der Waals surface area contributed by atoms with Gasteiger partial charge < -0.3 is 9.15 Å². The average molecular weight is 274 g/mol. The van der Waals surface area contributed by atoms with E-state index in [1.807, 2.05) is 13.8 Å². The van der Waals surface area contributed by atoms with E-state index in [-0.39, 0.29) is 17.7 Å². The van der Waals surface area contributed by atoms with Crippen LogP contribution < -0.4 is 0 Å². The molecule has 2 rings (SSSR count). The summed E-state index contributed by atoms with van der Waals surface area (Å²) in [5.41, 5.74) is 1.58. The SMILES string of the molecule is CCOC(=O)c1c(C(C)C)oc2cc(C(C)=O)ccc12. The van der Waals surface area contributed by atoms with Gasteiger partial charge in [0.15, 0.2) is 5.78 Å². The van der Waals surface area contributed by atoms with Crippen molar-refractivity contribution in [1.82, 2.24) is 0 Å². The Hall–Kier alpha value is -2.10. The molecule has 0 bridgehead atoms. The molecule has 0 aliphatic heterocycles. The number of ketones is 1. The van der Waals surface area contributed by atoms with Gasteiger partial charge in [0, 0.05) is 16.9 Å². The molecular formula is C16H18O4. The average Bonchev–Trinajstić information content (AvgIpc) is 2.77. The number of esters is 1. The maximum atomic E-state index is 12.1. The second-order valence-corrected chi connectivity index (χ2v) is 4.98. The van der Waals surface area contributed by atoms with E-state index in [4.69, 9.17) is 9.15 Å². The van der Waals surface area contributed by atoms with Gasteiger partial charge in [-0.1, -0.05) is 19.9 Å². The zero-order chi connectivity index (χ0) is 14.9. The molecule has 0 spiro atoms. The number of hydrogen-bond acceptors (Lipinski definition) is 4. The molecule has 0 aliphatic rings. The molecule has 0 N–H and O–H groups in total. The molecule has 2 aromatic rings. The third kappa shape index (κ3) is 2.46. The Bertz CT molecular complexity index is 664. The number of hydrogen-bond donors (Lipinski definition) is 0. The van der Waals surface area contributed by atoms with Crippen molar-refractivity contribution in [3.63, 3.8) is 0 Å². The van der Waals surface area contributed by atoms with Gasteiger partial charge in [0.2, 0.25) is 0 Å². The lowest BCUT2D eigenvalue weighted by Gasteiger charge is -2.05. The highest BCUT2D eigenvalue weighted by atomic mass is 16.5. The van der Waals surface area contributed by atoms with Crippen LogP contribution >= 0.6 is 0 Å². The highest BCUT2D eigenvalue weighted by Crippen LogP contribution is 2.32. The fourth-order valence-electron chi connectivity index (χ4n) is 2.15. The van der Waals surface area contributed by atoms with Gasteiger partial charge in [-0.2, -0.15) is 0 Å². The molecule has 0 aliphatic carbocycles. The molecule has 0 saturated carbocycles. The molecule has 1 aromatic heterocycles. The van der Waals surface area contributed by atoms with E-state index in [1.54, 1.807) is 25.1 Å². The number of Topliss-reactive ketones (excluding diaryl/α,β-unsaturated/α-hetero) is 1. The minimum absolute atomic E-state index is 0.0351. The molecule has 1 heterocycles. The molecule has 0 radical (unpaired) electrons. The van der Waals surface area contributed by atoms with E-state index in [2.05, 4.69) is 0 Å². The molecule has 0 fully saturated rings. The van der Waals surface area contributed by atoms with Gasteiger partial charge in [-0.15, -0.1) is 0 Å². The van der Waals surface area contributed by atoms with Gasteiger partial charge in [0.05, 0.1) is 6.61 Å². The van der Waals surface area contributed by atoms with Crippen LogP contribution in [-0.2, 0) is 4.74 Å². The van der Waals surface area contributed by atoms with E-state index in [0.717, 1.165) is 0 Å². The zero-order valence-corrected chi connectivity index (χ0v) is 12.1. The van der Waals surface area contributed by atoms with Crippen molar-refractivity contribution in [2.45, 2.75) is 33.6 Å². The lowest BCUT2D eigenvalue weighted by atomic mass is 10.0. The molecule has 0 saturated heterocycles. The summed E-state index contributed by atoms with van der Waals surface area (Å²) in [6, 6.07) is 5.12. The van der Waals surface area contributed by atoms with E-state index >= 15 is 0 Å². The summed E-state index contributed by atoms with van der Waals surface area (Å²) >= 11 is 0. The van der Waals surface area contributed by atoms with E-state index < -0.39 is 0 Å². The number of benzene rings is 1. The summed E-state index contributed by atoms with van der Waals surface area (Å²) in [6.07, 6.45) is 0. The number of carbonyl (C=O) groups excluding carboxylic acids is 2. The van der Waals surface area contributed by atoms with Crippen LogP contribution in [0.1, 0.15) is 60.1 Å². The summed E-state index contributed by atoms with van der Waals surface area (Å²) in [4.78, 5) is 23.5. The standard InChI is InChI=1S/C16H18O4/c1-5-19-16(18)14-12-7-6-11(10(4)17)8-13(12)20-15(14)9(2)3/h6-9H,5H2,1-4H3. The van der Waals surface area contributed by atoms with Crippen LogP contribution in [0.4, 0.5) is 0 Å². The predicted octanol–water partition coefficient (Wildman–Crippen LogP) is 3.94. The van der Waals surface area contributed by atoms with Crippen LogP contribution in [0.5, 0.6) is 0 Å². The molecular weight excluding hydrogens is 256 g/mol. The minimum atomic E-state index is -0.384. The van der Waals surface area contributed by atoms with Gasteiger partial charge in [0.1, 0.15) is 16.9 Å². The summed E-state index contributed by atoms with van der Waals surface area (Å²) < 4.78 is 10.9. The van der Waals surface area contributed by atoms with Gasteiger partial charge in [-0.3, -0.25) is 4.79 Å². The van der Waals surface area contributed by atoms with Crippen molar-refractivity contribution in [3.05, 3.63) is 35.1 Å². The Morgan fingerprint density at radius 1 is 1.30 bits per heavy atom. The first-order chi connectivity index (χ1) is 9.45. The molecule has 0 amide bonds. The highest BCUT2D eigenvalue weighted by Gasteiger charge is 2.24. The summed E-state index contributed by atoms with van der Waals surface area (Å²) in [5.74, 6) is 0.236. The van der Waals surface area contributed by atoms with Crippen LogP contribution in [0.3, 0.4) is 0 Å². The number of fused-ring (bicyclic) bond motifs is 1. The smallest absolute Gasteiger partial charge is 0.342 e. The fourth-order valence-corrected chi connectivity index (χ4v) is 2.15. The summed E-state index contributed by atoms with van der Waals surface area (Å²) in [7, 11) is 0. The molecule has 106 valence electrons. The Labute approximate surface area is 117 Å². The molecule has 1 aromatic carbocycles. The lowest BCUT2D eigenvalue weighted by Crippen LogP contribution is -2.07. The van der Waals surface area contributed by atoms with Crippen molar-refractivity contribution in [2.75, 3.05) is 6.61 Å². The number of furan rings is 1. The first-order valence-electron chi connectivity index (χ1n) is 6.70. The summed E-state index contributed by atoms with van der Waals surface area (Å²) in [6.45, 7) is 7.48. The maximum absolute atomic E-state index is 12.1. The highest BCUT2D eigenvalue weighted by molar-refractivity contribution is 6.06. The largest absolute Gasteiger partial charge is 0.462 e. The van der Waals surface area contributed by atoms with Crippen LogP contribution in [-0.4, -0.2) is 18.4 Å². The van der Waals surface area contributed by atoms with Gasteiger partial charge >= 0.3 is 5.97 Å². The second kappa shape index (κ2) is 5.49. The van der Waals surface area contributed by atoms with Gasteiger partial charge in [-0.05, 0) is 26.0 Å². The minimum Gasteiger partial charge on any atom is -0.462 e. The topological polar surface area (TPSA) is 56.5 Å². The molecule has 0 unspecified atom stereocenters. The van der Waals surface area contributed by atoms with Crippen LogP contribution in [0.15, 0.2) is 22.6 Å². The normalized spacial score (nSPS) is 11.1. The number of ether oxygens (including phenoxy) is 1. The van der Waals surface area contributed by atoms with Crippen molar-refractivity contribution in [2.24, 2.45) is 0 Å². The number of carbonyl (C=O) groups is 2. The summed E-state index contributed by atoms with van der Waals surface area (Å²) in [5, 5.41) is 0.692. The first kappa shape index (κ1) is 14.3. The van der Waals surface area contributed by atoms with Crippen molar-refractivity contribution in [1.29, 1.82) is 0 Å². The fraction of sp³-hybridized carbons (Fsp3) is 0.375. The monoisotopic (exact) mass is 274 g/mol. The zero-order valence-electron chi connectivity index (χ0n) is 12.1. The van der Waals surface area contributed by atoms with Gasteiger partial charge in [-0.25, -0.2) is 4.79 Å². The lowest BCUT2D eigenvalue weighted by molar-refractivity contribution is 0.0525. The predicted molar refractivity (Wildman–Crippen MR) is 76.3 cm³/mol. The third-order valence-electron chi connectivity index (χ3n) is 3.13. The molecule has 0 atom stereocenters. The Morgan fingerprint density at radius 2 is 2.00 bits per heavy atom. The van der Waals surface area contributed by atoms with E-state index in [9.17, 15) is 9.59 Å². The van der Waals surface area contributed by atoms with Gasteiger partial charge in [0.25, 0.3) is 0 Å². The van der Waals surface area contributed by atoms with Crippen LogP contribution in [0.2, 0.25) is 0 Å². The maximum Gasteiger partial charge on any atom is 0.342 e. The molecule has 4 nitrogen and oxygen atoms in total. The second-order valence-electron chi connectivity index (χ2n) is 4.98. The van der Waals surface area contributed by atoms with Crippen LogP contribution in [0, 0.1) is 0 Å². The van der Waals surface area contributed by atoms with Crippen molar-refractivity contribution < 1.29 is 18.7 Å². The van der Waals surface area contributed by atoms with Crippen LogP contribution in [0.25, 0.3) is 11.0 Å². The van der Waals surface area contributed by atoms with Crippen molar-refractivity contribution >= 4 is 22.7 Å². The number of rotatable bonds is 4. The van der Waals surface area contributed by atoms with E-state index in [1.165, 1.54) is 6.92 Å². The Balaban J connectivity index is 2.67. The molecule has 4 heteroatoms. The Kier molecular flexibility index (Phi) is 3.93. The first-order valence-corrected chi connectivity index (χ1v) is 6.70. The molecule has 20 heavy (non-hydrogen) atoms. The third-order valence-corrected chi connectivity index (χ3v) is 3.13.